The summed E-state index contributed by atoms with van der Waals surface area (Å²) in [6.45, 7) is 1.42. The number of Topliss-reactive ketones (excluding diaryl/α,β-unsaturated/α-hetero) is 1. The average molecular weight is 348 g/mol. The fraction of sp³-hybridized carbons (Fsp3) is 0.0500. The number of nitrogens with one attached hydrogen (secondary N) is 1. The molecule has 26 heavy (non-hydrogen) atoms. The molecule has 3 rings (SSSR count). The van der Waals surface area contributed by atoms with Crippen molar-refractivity contribution in [2.24, 2.45) is 0 Å². The predicted molar refractivity (Wildman–Crippen MR) is 96.8 cm³/mol. The first-order valence-corrected chi connectivity index (χ1v) is 7.86. The molecule has 0 fully saturated rings. The Morgan fingerprint density at radius 1 is 1.00 bits per heavy atom. The molecular formula is C20H16N2O4. The lowest BCUT2D eigenvalue weighted by Crippen LogP contribution is -2.12. The Hall–Kier alpha value is -3.67. The van der Waals surface area contributed by atoms with E-state index in [4.69, 9.17) is 4.74 Å². The number of aromatic nitrogens is 1. The second-order valence-electron chi connectivity index (χ2n) is 5.56. The summed E-state index contributed by atoms with van der Waals surface area (Å²) in [6, 6.07) is 14.4. The van der Waals surface area contributed by atoms with E-state index in [-0.39, 0.29) is 17.2 Å². The molecule has 130 valence electrons. The van der Waals surface area contributed by atoms with Crippen molar-refractivity contribution in [1.82, 2.24) is 4.98 Å². The van der Waals surface area contributed by atoms with Gasteiger partial charge in [-0.15, -0.1) is 0 Å². The number of ether oxygens (including phenoxy) is 1. The van der Waals surface area contributed by atoms with E-state index in [1.54, 1.807) is 48.8 Å². The molecule has 0 aliphatic rings. The normalized spacial score (nSPS) is 10.2. The first-order valence-electron chi connectivity index (χ1n) is 7.86. The third kappa shape index (κ3) is 4.05. The third-order valence-electron chi connectivity index (χ3n) is 3.64. The van der Waals surface area contributed by atoms with Crippen molar-refractivity contribution in [3.05, 3.63) is 78.1 Å². The van der Waals surface area contributed by atoms with E-state index in [0.29, 0.717) is 22.6 Å². The van der Waals surface area contributed by atoms with Crippen molar-refractivity contribution in [1.29, 1.82) is 0 Å². The van der Waals surface area contributed by atoms with Gasteiger partial charge in [0.2, 0.25) is 0 Å². The molecule has 0 saturated carbocycles. The molecule has 3 aromatic rings. The number of nitrogens with zero attached hydrogens (tertiary/aromatic N) is 1. The number of carbonyl (C=O) groups excluding carboxylic acids is 2. The Kier molecular flexibility index (Phi) is 4.94. The summed E-state index contributed by atoms with van der Waals surface area (Å²) in [4.78, 5) is 27.8. The summed E-state index contributed by atoms with van der Waals surface area (Å²) < 4.78 is 5.62. The van der Waals surface area contributed by atoms with Gasteiger partial charge >= 0.3 is 0 Å². The third-order valence-corrected chi connectivity index (χ3v) is 3.64. The molecule has 6 heteroatoms. The number of carbonyl (C=O) groups is 2. The molecule has 0 saturated heterocycles. The fourth-order valence-corrected chi connectivity index (χ4v) is 2.27. The molecule has 0 unspecified atom stereocenters. The van der Waals surface area contributed by atoms with Crippen LogP contribution in [0.1, 0.15) is 27.6 Å². The molecular weight excluding hydrogens is 332 g/mol. The van der Waals surface area contributed by atoms with E-state index in [0.717, 1.165) is 0 Å². The molecule has 0 aliphatic carbocycles. The zero-order chi connectivity index (χ0) is 18.5. The maximum atomic E-state index is 12.4. The number of hydrogen-bond acceptors (Lipinski definition) is 5. The first kappa shape index (κ1) is 17.2. The van der Waals surface area contributed by atoms with Crippen LogP contribution in [0.15, 0.2) is 67.0 Å². The number of rotatable bonds is 5. The fourth-order valence-electron chi connectivity index (χ4n) is 2.27. The Labute approximate surface area is 150 Å². The SMILES string of the molecule is CC(=O)c1ccc(O)c(NC(=O)c2ccc(Oc3cccnc3)cc2)c1. The molecule has 0 atom stereocenters. The van der Waals surface area contributed by atoms with Gasteiger partial charge in [0, 0.05) is 17.3 Å². The number of phenolic OH excluding ortho intramolecular Hbond substituents is 1. The van der Waals surface area contributed by atoms with Gasteiger partial charge in [0.25, 0.3) is 5.91 Å². The summed E-state index contributed by atoms with van der Waals surface area (Å²) in [5.41, 5.74) is 0.966. The van der Waals surface area contributed by atoms with Crippen LogP contribution in [0.5, 0.6) is 17.2 Å². The number of anilines is 1. The minimum Gasteiger partial charge on any atom is -0.506 e. The number of aromatic hydroxyl groups is 1. The molecule has 2 N–H and O–H groups in total. The number of amides is 1. The standard InChI is InChI=1S/C20H16N2O4/c1-13(23)15-6-9-19(24)18(11-15)22-20(25)14-4-7-16(8-5-14)26-17-3-2-10-21-12-17/h2-12,24H,1H3,(H,22,25). The Morgan fingerprint density at radius 2 is 1.73 bits per heavy atom. The summed E-state index contributed by atoms with van der Waals surface area (Å²) in [5, 5.41) is 12.5. The summed E-state index contributed by atoms with van der Waals surface area (Å²) in [5.74, 6) is 0.484. The van der Waals surface area contributed by atoms with Crippen molar-refractivity contribution < 1.29 is 19.4 Å². The number of phenols is 1. The Bertz CT molecular complexity index is 938. The maximum absolute atomic E-state index is 12.4. The summed E-state index contributed by atoms with van der Waals surface area (Å²) in [7, 11) is 0. The van der Waals surface area contributed by atoms with Gasteiger partial charge in [-0.1, -0.05) is 0 Å². The Morgan fingerprint density at radius 3 is 2.38 bits per heavy atom. The lowest BCUT2D eigenvalue weighted by Gasteiger charge is -2.09. The lowest BCUT2D eigenvalue weighted by atomic mass is 10.1. The van der Waals surface area contributed by atoms with Crippen molar-refractivity contribution in [3.63, 3.8) is 0 Å². The van der Waals surface area contributed by atoms with E-state index in [1.807, 2.05) is 0 Å². The zero-order valence-corrected chi connectivity index (χ0v) is 14.0. The van der Waals surface area contributed by atoms with Crippen LogP contribution in [0.3, 0.4) is 0 Å². The van der Waals surface area contributed by atoms with E-state index >= 15 is 0 Å². The molecule has 1 amide bonds. The highest BCUT2D eigenvalue weighted by Gasteiger charge is 2.11. The van der Waals surface area contributed by atoms with E-state index in [9.17, 15) is 14.7 Å². The smallest absolute Gasteiger partial charge is 0.255 e. The maximum Gasteiger partial charge on any atom is 0.255 e. The van der Waals surface area contributed by atoms with Gasteiger partial charge in [-0.2, -0.15) is 0 Å². The van der Waals surface area contributed by atoms with Gasteiger partial charge in [0.15, 0.2) is 5.78 Å². The largest absolute Gasteiger partial charge is 0.506 e. The average Bonchev–Trinajstić information content (AvgIpc) is 2.64. The van der Waals surface area contributed by atoms with Crippen molar-refractivity contribution in [2.45, 2.75) is 6.92 Å². The minimum absolute atomic E-state index is 0.111. The van der Waals surface area contributed by atoms with Gasteiger partial charge in [0.1, 0.15) is 17.2 Å². The summed E-state index contributed by atoms with van der Waals surface area (Å²) in [6.07, 6.45) is 3.24. The number of benzene rings is 2. The minimum atomic E-state index is -0.408. The van der Waals surface area contributed by atoms with Crippen LogP contribution in [0.25, 0.3) is 0 Å². The van der Waals surface area contributed by atoms with Gasteiger partial charge in [-0.3, -0.25) is 14.6 Å². The molecule has 0 spiro atoms. The van der Waals surface area contributed by atoms with Gasteiger partial charge in [-0.25, -0.2) is 0 Å². The molecule has 1 heterocycles. The number of ketones is 1. The van der Waals surface area contributed by atoms with Crippen LogP contribution >= 0.6 is 0 Å². The van der Waals surface area contributed by atoms with Crippen LogP contribution in [0, 0.1) is 0 Å². The highest BCUT2D eigenvalue weighted by Crippen LogP contribution is 2.26. The van der Waals surface area contributed by atoms with Crippen LogP contribution in [-0.4, -0.2) is 21.8 Å². The van der Waals surface area contributed by atoms with Crippen LogP contribution in [-0.2, 0) is 0 Å². The van der Waals surface area contributed by atoms with Crippen LogP contribution < -0.4 is 10.1 Å². The van der Waals surface area contributed by atoms with Crippen LogP contribution in [0.2, 0.25) is 0 Å². The lowest BCUT2D eigenvalue weighted by molar-refractivity contribution is 0.101. The predicted octanol–water partition coefficient (Wildman–Crippen LogP) is 4.03. The topological polar surface area (TPSA) is 88.5 Å². The van der Waals surface area contributed by atoms with E-state index < -0.39 is 5.91 Å². The summed E-state index contributed by atoms with van der Waals surface area (Å²) >= 11 is 0. The van der Waals surface area contributed by atoms with Gasteiger partial charge in [0.05, 0.1) is 11.9 Å². The van der Waals surface area contributed by atoms with Crippen molar-refractivity contribution in [3.8, 4) is 17.2 Å². The molecule has 0 radical (unpaired) electrons. The van der Waals surface area contributed by atoms with Crippen molar-refractivity contribution in [2.75, 3.05) is 5.32 Å². The second-order valence-corrected chi connectivity index (χ2v) is 5.56. The molecule has 0 aliphatic heterocycles. The van der Waals surface area contributed by atoms with E-state index in [2.05, 4.69) is 10.3 Å². The molecule has 6 nitrogen and oxygen atoms in total. The molecule has 2 aromatic carbocycles. The molecule has 0 bridgehead atoms. The zero-order valence-electron chi connectivity index (χ0n) is 14.0. The number of pyridine rings is 1. The molecule has 1 aromatic heterocycles. The quantitative estimate of drug-likeness (QED) is 0.537. The highest BCUT2D eigenvalue weighted by atomic mass is 16.5. The van der Waals surface area contributed by atoms with Gasteiger partial charge in [-0.05, 0) is 61.5 Å². The number of hydrogen-bond donors (Lipinski definition) is 2. The highest BCUT2D eigenvalue weighted by molar-refractivity contribution is 6.06. The van der Waals surface area contributed by atoms with Crippen LogP contribution in [0.4, 0.5) is 5.69 Å². The van der Waals surface area contributed by atoms with Crippen molar-refractivity contribution >= 4 is 17.4 Å². The first-order chi connectivity index (χ1) is 12.5. The Balaban J connectivity index is 1.72. The second kappa shape index (κ2) is 7.48. The van der Waals surface area contributed by atoms with E-state index in [1.165, 1.54) is 25.1 Å². The van der Waals surface area contributed by atoms with Gasteiger partial charge < -0.3 is 15.2 Å². The monoisotopic (exact) mass is 348 g/mol.